The zero-order valence-electron chi connectivity index (χ0n) is 12.9. The minimum Gasteiger partial charge on any atom is -0.229 e. The number of sulfone groups is 1. The SMILES string of the molecule is CC(C)CN(C1CCS(=O)(=O)C1)S(=O)(=O)c1ccc(F)c(Cl)c1. The van der Waals surface area contributed by atoms with Crippen molar-refractivity contribution in [3.05, 3.63) is 29.0 Å². The molecule has 0 saturated carbocycles. The van der Waals surface area contributed by atoms with Crippen LogP contribution in [0.15, 0.2) is 23.1 Å². The van der Waals surface area contributed by atoms with Gasteiger partial charge in [-0.25, -0.2) is 21.2 Å². The van der Waals surface area contributed by atoms with E-state index in [2.05, 4.69) is 0 Å². The Bertz CT molecular complexity index is 793. The fourth-order valence-electron chi connectivity index (χ4n) is 2.58. The van der Waals surface area contributed by atoms with Crippen LogP contribution in [0.1, 0.15) is 20.3 Å². The molecule has 0 spiro atoms. The number of sulfonamides is 1. The first-order valence-corrected chi connectivity index (χ1v) is 10.8. The first-order valence-electron chi connectivity index (χ1n) is 7.20. The summed E-state index contributed by atoms with van der Waals surface area (Å²) in [5.74, 6) is -0.895. The molecule has 2 rings (SSSR count). The van der Waals surface area contributed by atoms with E-state index in [9.17, 15) is 21.2 Å². The minimum absolute atomic E-state index is 0.0176. The summed E-state index contributed by atoms with van der Waals surface area (Å²) in [6.07, 6.45) is 0.267. The van der Waals surface area contributed by atoms with Crippen molar-refractivity contribution in [2.75, 3.05) is 18.1 Å². The molecule has 0 aromatic heterocycles. The Morgan fingerprint density at radius 1 is 1.39 bits per heavy atom. The fraction of sp³-hybridized carbons (Fsp3) is 0.571. The molecule has 1 fully saturated rings. The van der Waals surface area contributed by atoms with Gasteiger partial charge in [-0.15, -0.1) is 0 Å². The maximum atomic E-state index is 13.3. The van der Waals surface area contributed by atoms with Gasteiger partial charge in [0.2, 0.25) is 10.0 Å². The highest BCUT2D eigenvalue weighted by Gasteiger charge is 2.39. The summed E-state index contributed by atoms with van der Waals surface area (Å²) in [6.45, 7) is 3.89. The normalized spacial score (nSPS) is 21.2. The van der Waals surface area contributed by atoms with Crippen molar-refractivity contribution in [1.29, 1.82) is 0 Å². The molecule has 9 heteroatoms. The number of rotatable bonds is 5. The van der Waals surface area contributed by atoms with Gasteiger partial charge in [0, 0.05) is 12.6 Å². The van der Waals surface area contributed by atoms with Crippen LogP contribution in [0.2, 0.25) is 5.02 Å². The molecule has 5 nitrogen and oxygen atoms in total. The number of benzene rings is 1. The van der Waals surface area contributed by atoms with Crippen molar-refractivity contribution in [2.24, 2.45) is 5.92 Å². The summed E-state index contributed by atoms with van der Waals surface area (Å²) >= 11 is 5.68. The molecule has 1 aliphatic heterocycles. The molecule has 1 unspecified atom stereocenters. The van der Waals surface area contributed by atoms with Crippen molar-refractivity contribution < 1.29 is 21.2 Å². The third-order valence-electron chi connectivity index (χ3n) is 3.66. The van der Waals surface area contributed by atoms with E-state index < -0.39 is 31.7 Å². The van der Waals surface area contributed by atoms with E-state index >= 15 is 0 Å². The van der Waals surface area contributed by atoms with Crippen molar-refractivity contribution in [3.63, 3.8) is 0 Å². The van der Waals surface area contributed by atoms with E-state index in [-0.39, 0.29) is 40.3 Å². The lowest BCUT2D eigenvalue weighted by atomic mass is 10.2. The van der Waals surface area contributed by atoms with E-state index in [4.69, 9.17) is 11.6 Å². The Hall–Kier alpha value is -0.700. The molecule has 1 atom stereocenters. The quantitative estimate of drug-likeness (QED) is 0.782. The molecule has 23 heavy (non-hydrogen) atoms. The predicted molar refractivity (Wildman–Crippen MR) is 87.2 cm³/mol. The van der Waals surface area contributed by atoms with E-state index in [0.717, 1.165) is 18.2 Å². The summed E-state index contributed by atoms with van der Waals surface area (Å²) in [4.78, 5) is -0.131. The van der Waals surface area contributed by atoms with Crippen LogP contribution in [0.25, 0.3) is 0 Å². The Morgan fingerprint density at radius 2 is 2.04 bits per heavy atom. The van der Waals surface area contributed by atoms with Gasteiger partial charge in [0.1, 0.15) is 5.82 Å². The van der Waals surface area contributed by atoms with Crippen LogP contribution < -0.4 is 0 Å². The molecular weight excluding hydrogens is 365 g/mol. The molecule has 1 heterocycles. The van der Waals surface area contributed by atoms with Gasteiger partial charge in [0.15, 0.2) is 9.84 Å². The number of hydrogen-bond donors (Lipinski definition) is 0. The highest BCUT2D eigenvalue weighted by atomic mass is 35.5. The average molecular weight is 384 g/mol. The van der Waals surface area contributed by atoms with Crippen LogP contribution in [0, 0.1) is 11.7 Å². The molecule has 0 amide bonds. The van der Waals surface area contributed by atoms with Crippen LogP contribution in [-0.4, -0.2) is 45.2 Å². The van der Waals surface area contributed by atoms with Gasteiger partial charge in [0.05, 0.1) is 21.4 Å². The lowest BCUT2D eigenvalue weighted by Crippen LogP contribution is -2.43. The molecule has 0 N–H and O–H groups in total. The standard InChI is InChI=1S/C14H19ClFNO4S2/c1-10(2)8-17(11-5-6-22(18,19)9-11)23(20,21)12-3-4-14(16)13(15)7-12/h3-4,7,10-11H,5-6,8-9H2,1-2H3. The predicted octanol–water partition coefficient (Wildman–Crippen LogP) is 2.31. The summed E-state index contributed by atoms with van der Waals surface area (Å²) < 4.78 is 63.7. The third-order valence-corrected chi connectivity index (χ3v) is 7.61. The Balaban J connectivity index is 2.43. The van der Waals surface area contributed by atoms with Crippen molar-refractivity contribution in [2.45, 2.75) is 31.2 Å². The zero-order chi connectivity index (χ0) is 17.4. The van der Waals surface area contributed by atoms with Gasteiger partial charge in [-0.1, -0.05) is 25.4 Å². The molecule has 1 saturated heterocycles. The Kier molecular flexibility index (Phi) is 5.40. The van der Waals surface area contributed by atoms with Gasteiger partial charge in [-0.3, -0.25) is 0 Å². The monoisotopic (exact) mass is 383 g/mol. The van der Waals surface area contributed by atoms with Crippen LogP contribution in [0.4, 0.5) is 4.39 Å². The third kappa shape index (κ3) is 4.23. The topological polar surface area (TPSA) is 71.5 Å². The van der Waals surface area contributed by atoms with Crippen LogP contribution in [-0.2, 0) is 19.9 Å². The molecule has 1 aromatic carbocycles. The summed E-state index contributed by atoms with van der Waals surface area (Å²) in [7, 11) is -7.18. The fourth-order valence-corrected chi connectivity index (χ4v) is 6.49. The van der Waals surface area contributed by atoms with Crippen LogP contribution >= 0.6 is 11.6 Å². The first-order chi connectivity index (χ1) is 10.5. The largest absolute Gasteiger partial charge is 0.243 e. The molecule has 0 bridgehead atoms. The van der Waals surface area contributed by atoms with Gasteiger partial charge in [-0.2, -0.15) is 4.31 Å². The lowest BCUT2D eigenvalue weighted by molar-refractivity contribution is 0.308. The number of hydrogen-bond acceptors (Lipinski definition) is 4. The molecule has 1 aromatic rings. The molecule has 130 valence electrons. The average Bonchev–Trinajstić information content (AvgIpc) is 2.78. The minimum atomic E-state index is -3.95. The number of halogens is 2. The Morgan fingerprint density at radius 3 is 2.52 bits per heavy atom. The summed E-state index contributed by atoms with van der Waals surface area (Å²) in [6, 6.07) is 2.60. The molecule has 1 aliphatic rings. The van der Waals surface area contributed by atoms with Crippen LogP contribution in [0.3, 0.4) is 0 Å². The zero-order valence-corrected chi connectivity index (χ0v) is 15.3. The van der Waals surface area contributed by atoms with Gasteiger partial charge in [0.25, 0.3) is 0 Å². The maximum Gasteiger partial charge on any atom is 0.243 e. The van der Waals surface area contributed by atoms with Crippen molar-refractivity contribution in [1.82, 2.24) is 4.31 Å². The Labute approximate surface area is 141 Å². The second-order valence-corrected chi connectivity index (χ2v) is 10.6. The van der Waals surface area contributed by atoms with Crippen LogP contribution in [0.5, 0.6) is 0 Å². The summed E-state index contributed by atoms with van der Waals surface area (Å²) in [5.41, 5.74) is 0. The van der Waals surface area contributed by atoms with Gasteiger partial charge < -0.3 is 0 Å². The molecule has 0 radical (unpaired) electrons. The highest BCUT2D eigenvalue weighted by Crippen LogP contribution is 2.28. The second-order valence-electron chi connectivity index (χ2n) is 6.10. The number of nitrogens with zero attached hydrogens (tertiary/aromatic N) is 1. The smallest absolute Gasteiger partial charge is 0.229 e. The summed E-state index contributed by atoms with van der Waals surface area (Å²) in [5, 5.41) is -0.283. The lowest BCUT2D eigenvalue weighted by Gasteiger charge is -2.29. The van der Waals surface area contributed by atoms with Crippen molar-refractivity contribution >= 4 is 31.5 Å². The second kappa shape index (κ2) is 6.66. The maximum absolute atomic E-state index is 13.3. The van der Waals surface area contributed by atoms with E-state index in [0.29, 0.717) is 0 Å². The molecular formula is C14H19ClFNO4S2. The van der Waals surface area contributed by atoms with Gasteiger partial charge >= 0.3 is 0 Å². The van der Waals surface area contributed by atoms with Gasteiger partial charge in [-0.05, 0) is 30.5 Å². The van der Waals surface area contributed by atoms with E-state index in [1.165, 1.54) is 4.31 Å². The first kappa shape index (κ1) is 18.6. The van der Waals surface area contributed by atoms with E-state index in [1.54, 1.807) is 0 Å². The molecule has 0 aliphatic carbocycles. The van der Waals surface area contributed by atoms with Crippen molar-refractivity contribution in [3.8, 4) is 0 Å². The van der Waals surface area contributed by atoms with E-state index in [1.807, 2.05) is 13.8 Å². The highest BCUT2D eigenvalue weighted by molar-refractivity contribution is 7.92.